The lowest BCUT2D eigenvalue weighted by atomic mass is 10.1. The van der Waals surface area contributed by atoms with Crippen LogP contribution in [0.4, 0.5) is 0 Å². The number of nitrogens with one attached hydrogen (secondary N) is 2. The maximum atomic E-state index is 4.34. The molecule has 2 aromatic heterocycles. The number of benzene rings is 1. The number of hydrogen-bond acceptors (Lipinski definition) is 3. The molecule has 0 saturated carbocycles. The molecule has 7 heteroatoms. The van der Waals surface area contributed by atoms with E-state index in [0.717, 1.165) is 23.9 Å². The lowest BCUT2D eigenvalue weighted by molar-refractivity contribution is 0.800. The Kier molecular flexibility index (Phi) is 7.58. The molecule has 0 aliphatic heterocycles. The van der Waals surface area contributed by atoms with Crippen LogP contribution in [0.1, 0.15) is 16.7 Å². The fraction of sp³-hybridized carbons (Fsp3) is 0.211. The van der Waals surface area contributed by atoms with Gasteiger partial charge in [-0.15, -0.1) is 24.0 Å². The third-order valence-electron chi connectivity index (χ3n) is 3.78. The van der Waals surface area contributed by atoms with E-state index < -0.39 is 0 Å². The molecule has 0 fully saturated rings. The average Bonchev–Trinajstić information content (AvgIpc) is 3.17. The molecule has 0 bridgehead atoms. The number of nitrogens with zero attached hydrogens (tertiary/aromatic N) is 4. The molecule has 2 heterocycles. The minimum atomic E-state index is 0. The molecule has 0 unspecified atom stereocenters. The van der Waals surface area contributed by atoms with E-state index >= 15 is 0 Å². The summed E-state index contributed by atoms with van der Waals surface area (Å²) in [5, 5.41) is 10.9. The molecule has 0 amide bonds. The van der Waals surface area contributed by atoms with Crippen LogP contribution >= 0.6 is 24.0 Å². The fourth-order valence-electron chi connectivity index (χ4n) is 2.51. The van der Waals surface area contributed by atoms with E-state index in [-0.39, 0.29) is 24.0 Å². The number of rotatable bonds is 5. The molecule has 0 aliphatic rings. The summed E-state index contributed by atoms with van der Waals surface area (Å²) in [5.74, 6) is 1.56. The van der Waals surface area contributed by atoms with E-state index in [0.29, 0.717) is 6.54 Å². The Morgan fingerprint density at radius 1 is 1.04 bits per heavy atom. The minimum Gasteiger partial charge on any atom is -0.352 e. The van der Waals surface area contributed by atoms with Gasteiger partial charge in [0.1, 0.15) is 0 Å². The molecule has 136 valence electrons. The highest BCUT2D eigenvalue weighted by Crippen LogP contribution is 2.06. The van der Waals surface area contributed by atoms with Crippen LogP contribution in [0.2, 0.25) is 0 Å². The summed E-state index contributed by atoms with van der Waals surface area (Å²) in [6.45, 7) is 3.48. The van der Waals surface area contributed by atoms with Crippen molar-refractivity contribution in [3.63, 3.8) is 0 Å². The first kappa shape index (κ1) is 19.9. The van der Waals surface area contributed by atoms with Gasteiger partial charge in [-0.1, -0.05) is 29.8 Å². The Labute approximate surface area is 170 Å². The highest BCUT2D eigenvalue weighted by atomic mass is 127. The second kappa shape index (κ2) is 9.91. The molecule has 0 aliphatic carbocycles. The molecule has 2 N–H and O–H groups in total. The number of pyridine rings is 1. The monoisotopic (exact) mass is 462 g/mol. The van der Waals surface area contributed by atoms with Crippen LogP contribution in [0.25, 0.3) is 5.82 Å². The van der Waals surface area contributed by atoms with Crippen LogP contribution in [0.15, 0.2) is 66.0 Å². The number of hydrogen-bond donors (Lipinski definition) is 2. The number of aliphatic imine (C=N–C) groups is 1. The van der Waals surface area contributed by atoms with Crippen molar-refractivity contribution in [2.24, 2.45) is 4.99 Å². The van der Waals surface area contributed by atoms with Crippen molar-refractivity contribution in [3.8, 4) is 5.82 Å². The van der Waals surface area contributed by atoms with E-state index in [2.05, 4.69) is 56.9 Å². The van der Waals surface area contributed by atoms with Gasteiger partial charge in [0.15, 0.2) is 11.8 Å². The SMILES string of the molecule is CN=C(NCc1cccc(C)c1)NCc1ccnc(-n2cccn2)c1.I. The van der Waals surface area contributed by atoms with Gasteiger partial charge in [0.05, 0.1) is 0 Å². The largest absolute Gasteiger partial charge is 0.352 e. The van der Waals surface area contributed by atoms with Crippen molar-refractivity contribution < 1.29 is 0 Å². The third kappa shape index (κ3) is 5.55. The molecule has 3 aromatic rings. The summed E-state index contributed by atoms with van der Waals surface area (Å²) in [6, 6.07) is 14.3. The van der Waals surface area contributed by atoms with Crippen molar-refractivity contribution in [1.29, 1.82) is 0 Å². The standard InChI is InChI=1S/C19H22N6.HI/c1-15-5-3-6-16(11-15)13-22-19(20-2)23-14-17-7-9-21-18(12-17)25-10-4-8-24-25;/h3-12H,13-14H2,1-2H3,(H2,20,22,23);1H. The van der Waals surface area contributed by atoms with Gasteiger partial charge >= 0.3 is 0 Å². The highest BCUT2D eigenvalue weighted by molar-refractivity contribution is 14.0. The average molecular weight is 462 g/mol. The maximum Gasteiger partial charge on any atom is 0.191 e. The van der Waals surface area contributed by atoms with Crippen LogP contribution in [-0.4, -0.2) is 27.8 Å². The summed E-state index contributed by atoms with van der Waals surface area (Å²) >= 11 is 0. The molecule has 0 radical (unpaired) electrons. The number of aryl methyl sites for hydroxylation is 1. The number of aromatic nitrogens is 3. The molecule has 3 rings (SSSR count). The van der Waals surface area contributed by atoms with Gasteiger partial charge in [0, 0.05) is 38.7 Å². The van der Waals surface area contributed by atoms with Crippen LogP contribution in [0.3, 0.4) is 0 Å². The molecule has 0 saturated heterocycles. The number of guanidine groups is 1. The van der Waals surface area contributed by atoms with Crippen molar-refractivity contribution in [1.82, 2.24) is 25.4 Å². The Morgan fingerprint density at radius 2 is 1.81 bits per heavy atom. The predicted molar refractivity (Wildman–Crippen MR) is 115 cm³/mol. The Balaban J connectivity index is 0.00000243. The van der Waals surface area contributed by atoms with Crippen molar-refractivity contribution in [2.75, 3.05) is 7.05 Å². The lowest BCUT2D eigenvalue weighted by Gasteiger charge is -2.12. The van der Waals surface area contributed by atoms with Crippen LogP contribution in [0.5, 0.6) is 0 Å². The topological polar surface area (TPSA) is 67.1 Å². The van der Waals surface area contributed by atoms with E-state index in [1.165, 1.54) is 11.1 Å². The Hall–Kier alpha value is -2.42. The summed E-state index contributed by atoms with van der Waals surface area (Å²) in [5.41, 5.74) is 3.59. The van der Waals surface area contributed by atoms with Crippen molar-refractivity contribution >= 4 is 29.9 Å². The Morgan fingerprint density at radius 3 is 2.46 bits per heavy atom. The second-order valence-electron chi connectivity index (χ2n) is 5.74. The summed E-state index contributed by atoms with van der Waals surface area (Å²) in [7, 11) is 1.77. The zero-order chi connectivity index (χ0) is 17.5. The van der Waals surface area contributed by atoms with Crippen LogP contribution < -0.4 is 10.6 Å². The van der Waals surface area contributed by atoms with E-state index in [4.69, 9.17) is 0 Å². The summed E-state index contributed by atoms with van der Waals surface area (Å²) < 4.78 is 1.74. The fourth-order valence-corrected chi connectivity index (χ4v) is 2.51. The zero-order valence-electron chi connectivity index (χ0n) is 14.9. The van der Waals surface area contributed by atoms with Gasteiger partial charge in [0.25, 0.3) is 0 Å². The predicted octanol–water partition coefficient (Wildman–Crippen LogP) is 3.06. The van der Waals surface area contributed by atoms with Gasteiger partial charge in [-0.2, -0.15) is 5.10 Å². The van der Waals surface area contributed by atoms with Crippen LogP contribution in [-0.2, 0) is 13.1 Å². The molecule has 1 aromatic carbocycles. The first-order valence-electron chi connectivity index (χ1n) is 8.19. The van der Waals surface area contributed by atoms with Gasteiger partial charge < -0.3 is 10.6 Å². The number of halogens is 1. The van der Waals surface area contributed by atoms with Crippen molar-refractivity contribution in [3.05, 3.63) is 77.7 Å². The first-order chi connectivity index (χ1) is 12.2. The molecule has 26 heavy (non-hydrogen) atoms. The molecule has 0 atom stereocenters. The third-order valence-corrected chi connectivity index (χ3v) is 3.78. The van der Waals surface area contributed by atoms with Crippen LogP contribution in [0, 0.1) is 6.92 Å². The summed E-state index contributed by atoms with van der Waals surface area (Å²) in [6.07, 6.45) is 5.41. The van der Waals surface area contributed by atoms with Gasteiger partial charge in [0.2, 0.25) is 0 Å². The lowest BCUT2D eigenvalue weighted by Crippen LogP contribution is -2.36. The minimum absolute atomic E-state index is 0. The quantitative estimate of drug-likeness (QED) is 0.348. The molecule has 0 spiro atoms. The zero-order valence-corrected chi connectivity index (χ0v) is 17.2. The molecular weight excluding hydrogens is 439 g/mol. The van der Waals surface area contributed by atoms with E-state index in [9.17, 15) is 0 Å². The normalized spacial score (nSPS) is 10.9. The molecular formula is C19H23IN6. The van der Waals surface area contributed by atoms with Crippen molar-refractivity contribution in [2.45, 2.75) is 20.0 Å². The highest BCUT2D eigenvalue weighted by Gasteiger charge is 2.02. The molecule has 6 nitrogen and oxygen atoms in total. The first-order valence-corrected chi connectivity index (χ1v) is 8.19. The Bertz CT molecular complexity index is 845. The smallest absolute Gasteiger partial charge is 0.191 e. The second-order valence-corrected chi connectivity index (χ2v) is 5.74. The van der Waals surface area contributed by atoms with Gasteiger partial charge in [-0.3, -0.25) is 4.99 Å². The van der Waals surface area contributed by atoms with E-state index in [1.54, 1.807) is 24.1 Å². The maximum absolute atomic E-state index is 4.34. The van der Waals surface area contributed by atoms with Gasteiger partial charge in [-0.05, 0) is 36.2 Å². The van der Waals surface area contributed by atoms with E-state index in [1.807, 2.05) is 24.4 Å². The summed E-state index contributed by atoms with van der Waals surface area (Å²) in [4.78, 5) is 8.61. The van der Waals surface area contributed by atoms with Gasteiger partial charge in [-0.25, -0.2) is 9.67 Å².